The molecule has 0 radical (unpaired) electrons. The van der Waals surface area contributed by atoms with Gasteiger partial charge in [0.05, 0.1) is 6.10 Å². The number of aromatic nitrogens is 4. The summed E-state index contributed by atoms with van der Waals surface area (Å²) in [5.41, 5.74) is 6.63. The van der Waals surface area contributed by atoms with Gasteiger partial charge in [-0.2, -0.15) is 15.0 Å². The van der Waals surface area contributed by atoms with E-state index in [-0.39, 0.29) is 18.1 Å². The first-order valence-electron chi connectivity index (χ1n) is 5.94. The second-order valence-electron chi connectivity index (χ2n) is 4.18. The number of hydrogen-bond donors (Lipinski definition) is 2. The van der Waals surface area contributed by atoms with Gasteiger partial charge < -0.3 is 15.8 Å². The lowest BCUT2D eigenvalue weighted by atomic mass is 10.3. The first kappa shape index (κ1) is 13.0. The summed E-state index contributed by atoms with van der Waals surface area (Å²) in [7, 11) is 0. The van der Waals surface area contributed by atoms with Crippen molar-refractivity contribution in [3.8, 4) is 6.01 Å². The van der Waals surface area contributed by atoms with E-state index in [4.69, 9.17) is 10.5 Å². The molecule has 2 aromatic heterocycles. The molecule has 0 fully saturated rings. The molecule has 0 aliphatic rings. The number of nitrogens with one attached hydrogen (secondary N) is 1. The summed E-state index contributed by atoms with van der Waals surface area (Å²) in [5, 5.41) is 3.05. The smallest absolute Gasteiger partial charge is 0.323 e. The third-order valence-corrected chi connectivity index (χ3v) is 2.15. The summed E-state index contributed by atoms with van der Waals surface area (Å²) in [6.45, 7) is 4.34. The molecule has 7 nitrogen and oxygen atoms in total. The largest absolute Gasteiger partial charge is 0.461 e. The maximum absolute atomic E-state index is 5.61. The number of rotatable bonds is 5. The zero-order chi connectivity index (χ0) is 13.7. The Morgan fingerprint density at radius 2 is 2.16 bits per heavy atom. The predicted molar refractivity (Wildman–Crippen MR) is 71.6 cm³/mol. The van der Waals surface area contributed by atoms with Crippen LogP contribution in [0.3, 0.4) is 0 Å². The molecular weight excluding hydrogens is 244 g/mol. The van der Waals surface area contributed by atoms with E-state index in [1.807, 2.05) is 26.0 Å². The fraction of sp³-hybridized carbons (Fsp3) is 0.333. The van der Waals surface area contributed by atoms with Gasteiger partial charge >= 0.3 is 6.01 Å². The normalized spacial score (nSPS) is 10.5. The highest BCUT2D eigenvalue weighted by atomic mass is 16.5. The van der Waals surface area contributed by atoms with Gasteiger partial charge in [-0.05, 0) is 25.5 Å². The van der Waals surface area contributed by atoms with E-state index in [1.54, 1.807) is 12.4 Å². The van der Waals surface area contributed by atoms with E-state index in [9.17, 15) is 0 Å². The molecular formula is C12H16N6O. The van der Waals surface area contributed by atoms with Crippen LogP contribution in [0, 0.1) is 0 Å². The molecule has 0 atom stereocenters. The maximum atomic E-state index is 5.61. The number of nitrogen functional groups attached to an aromatic ring is 1. The van der Waals surface area contributed by atoms with Crippen LogP contribution in [0.4, 0.5) is 11.9 Å². The molecule has 0 bridgehead atoms. The van der Waals surface area contributed by atoms with Gasteiger partial charge in [-0.15, -0.1) is 0 Å². The van der Waals surface area contributed by atoms with Gasteiger partial charge in [0.2, 0.25) is 11.9 Å². The van der Waals surface area contributed by atoms with Crippen molar-refractivity contribution < 1.29 is 4.74 Å². The number of anilines is 2. The molecule has 0 aliphatic carbocycles. The van der Waals surface area contributed by atoms with Crippen molar-refractivity contribution in [3.05, 3.63) is 30.1 Å². The lowest BCUT2D eigenvalue weighted by Crippen LogP contribution is -2.13. The average Bonchev–Trinajstić information content (AvgIpc) is 2.36. The Bertz CT molecular complexity index is 531. The molecule has 2 aromatic rings. The minimum Gasteiger partial charge on any atom is -0.461 e. The molecule has 7 heteroatoms. The number of pyridine rings is 1. The van der Waals surface area contributed by atoms with Crippen LogP contribution < -0.4 is 15.8 Å². The van der Waals surface area contributed by atoms with Crippen molar-refractivity contribution in [1.82, 2.24) is 19.9 Å². The van der Waals surface area contributed by atoms with Crippen LogP contribution in [0.5, 0.6) is 6.01 Å². The summed E-state index contributed by atoms with van der Waals surface area (Å²) in [5.74, 6) is 0.506. The Labute approximate surface area is 111 Å². The number of hydrogen-bond acceptors (Lipinski definition) is 7. The van der Waals surface area contributed by atoms with Crippen molar-refractivity contribution in [3.63, 3.8) is 0 Å². The Hall–Kier alpha value is -2.44. The number of nitrogens with zero attached hydrogens (tertiary/aromatic N) is 4. The fourth-order valence-corrected chi connectivity index (χ4v) is 1.40. The van der Waals surface area contributed by atoms with Crippen molar-refractivity contribution in [1.29, 1.82) is 0 Å². The Kier molecular flexibility index (Phi) is 4.07. The Morgan fingerprint density at radius 3 is 2.84 bits per heavy atom. The summed E-state index contributed by atoms with van der Waals surface area (Å²) in [6.07, 6.45) is 3.47. The highest BCUT2D eigenvalue weighted by Gasteiger charge is 2.06. The minimum atomic E-state index is -0.0204. The topological polar surface area (TPSA) is 98.8 Å². The van der Waals surface area contributed by atoms with E-state index in [1.165, 1.54) is 0 Å². The SMILES string of the molecule is CC(C)Oc1nc(N)nc(NCc2cccnc2)n1. The lowest BCUT2D eigenvalue weighted by Gasteiger charge is -2.10. The van der Waals surface area contributed by atoms with Crippen LogP contribution in [-0.2, 0) is 6.54 Å². The number of nitrogens with two attached hydrogens (primary N) is 1. The van der Waals surface area contributed by atoms with Crippen molar-refractivity contribution in [2.75, 3.05) is 11.1 Å². The average molecular weight is 260 g/mol. The van der Waals surface area contributed by atoms with Crippen LogP contribution in [0.25, 0.3) is 0 Å². The van der Waals surface area contributed by atoms with Gasteiger partial charge in [-0.1, -0.05) is 6.07 Å². The van der Waals surface area contributed by atoms with Crippen LogP contribution in [0.2, 0.25) is 0 Å². The van der Waals surface area contributed by atoms with Gasteiger partial charge in [0, 0.05) is 18.9 Å². The van der Waals surface area contributed by atoms with E-state index in [2.05, 4.69) is 25.3 Å². The zero-order valence-corrected chi connectivity index (χ0v) is 10.9. The molecule has 0 aliphatic heterocycles. The first-order valence-corrected chi connectivity index (χ1v) is 5.94. The monoisotopic (exact) mass is 260 g/mol. The van der Waals surface area contributed by atoms with Crippen molar-refractivity contribution >= 4 is 11.9 Å². The molecule has 2 heterocycles. The highest BCUT2D eigenvalue weighted by Crippen LogP contribution is 2.11. The molecule has 100 valence electrons. The minimum absolute atomic E-state index is 0.0204. The van der Waals surface area contributed by atoms with Crippen LogP contribution in [0.15, 0.2) is 24.5 Å². The molecule has 0 unspecified atom stereocenters. The zero-order valence-electron chi connectivity index (χ0n) is 10.9. The quantitative estimate of drug-likeness (QED) is 0.834. The molecule has 0 spiro atoms. The van der Waals surface area contributed by atoms with Crippen molar-refractivity contribution in [2.45, 2.75) is 26.5 Å². The first-order chi connectivity index (χ1) is 9.13. The maximum Gasteiger partial charge on any atom is 0.323 e. The highest BCUT2D eigenvalue weighted by molar-refractivity contribution is 5.33. The van der Waals surface area contributed by atoms with Gasteiger partial charge in [-0.25, -0.2) is 0 Å². The third kappa shape index (κ3) is 4.06. The van der Waals surface area contributed by atoms with Gasteiger partial charge in [0.25, 0.3) is 0 Å². The van der Waals surface area contributed by atoms with Crippen molar-refractivity contribution in [2.24, 2.45) is 0 Å². The molecule has 0 saturated carbocycles. The molecule has 2 rings (SSSR count). The molecule has 0 amide bonds. The third-order valence-electron chi connectivity index (χ3n) is 2.15. The second-order valence-corrected chi connectivity index (χ2v) is 4.18. The predicted octanol–water partition coefficient (Wildman–Crippen LogP) is 1.25. The van der Waals surface area contributed by atoms with Gasteiger partial charge in [-0.3, -0.25) is 4.98 Å². The summed E-state index contributed by atoms with van der Waals surface area (Å²) < 4.78 is 5.39. The molecule has 0 saturated heterocycles. The van der Waals surface area contributed by atoms with Gasteiger partial charge in [0.15, 0.2) is 0 Å². The van der Waals surface area contributed by atoms with Crippen LogP contribution >= 0.6 is 0 Å². The van der Waals surface area contributed by atoms with E-state index >= 15 is 0 Å². The van der Waals surface area contributed by atoms with E-state index in [0.29, 0.717) is 12.5 Å². The lowest BCUT2D eigenvalue weighted by molar-refractivity contribution is 0.222. The van der Waals surface area contributed by atoms with Crippen LogP contribution in [-0.4, -0.2) is 26.0 Å². The summed E-state index contributed by atoms with van der Waals surface area (Å²) in [4.78, 5) is 16.1. The fourth-order valence-electron chi connectivity index (χ4n) is 1.40. The second kappa shape index (κ2) is 5.94. The van der Waals surface area contributed by atoms with E-state index in [0.717, 1.165) is 5.56 Å². The molecule has 19 heavy (non-hydrogen) atoms. The Morgan fingerprint density at radius 1 is 1.32 bits per heavy atom. The Balaban J connectivity index is 2.05. The summed E-state index contributed by atoms with van der Waals surface area (Å²) in [6, 6.07) is 4.04. The van der Waals surface area contributed by atoms with Crippen LogP contribution in [0.1, 0.15) is 19.4 Å². The molecule has 3 N–H and O–H groups in total. The van der Waals surface area contributed by atoms with Gasteiger partial charge in [0.1, 0.15) is 0 Å². The summed E-state index contributed by atoms with van der Waals surface area (Å²) >= 11 is 0. The number of ether oxygens (including phenoxy) is 1. The molecule has 0 aromatic carbocycles. The standard InChI is InChI=1S/C12H16N6O/c1-8(2)19-12-17-10(13)16-11(18-12)15-7-9-4-3-5-14-6-9/h3-6,8H,7H2,1-2H3,(H3,13,15,16,17,18). The van der Waals surface area contributed by atoms with E-state index < -0.39 is 0 Å².